The average molecular weight is 503 g/mol. The van der Waals surface area contributed by atoms with E-state index in [1.807, 2.05) is 0 Å². The van der Waals surface area contributed by atoms with Gasteiger partial charge in [-0.05, 0) is 46.3 Å². The third-order valence-electron chi connectivity index (χ3n) is 3.45. The van der Waals surface area contributed by atoms with Crippen molar-refractivity contribution in [2.45, 2.75) is 0 Å². The Bertz CT molecular complexity index is 947. The van der Waals surface area contributed by atoms with Gasteiger partial charge >= 0.3 is 0 Å². The number of thioether (sulfide) groups is 1. The van der Waals surface area contributed by atoms with Gasteiger partial charge in [-0.2, -0.15) is 0 Å². The van der Waals surface area contributed by atoms with E-state index in [1.165, 1.54) is 4.90 Å². The smallest absolute Gasteiger partial charge is 0.266 e. The number of benzene rings is 1. The summed E-state index contributed by atoms with van der Waals surface area (Å²) < 4.78 is 1.08. The molecule has 0 unspecified atom stereocenters. The van der Waals surface area contributed by atoms with E-state index >= 15 is 0 Å². The Labute approximate surface area is 183 Å². The molecule has 0 bridgehead atoms. The molecule has 27 heavy (non-hydrogen) atoms. The van der Waals surface area contributed by atoms with E-state index in [0.29, 0.717) is 26.3 Å². The van der Waals surface area contributed by atoms with Gasteiger partial charge in [-0.25, -0.2) is 4.98 Å². The number of nitrogens with zero attached hydrogens (tertiary/aromatic N) is 2. The summed E-state index contributed by atoms with van der Waals surface area (Å²) in [6.45, 7) is -0.212. The maximum Gasteiger partial charge on any atom is 0.266 e. The first-order valence-corrected chi connectivity index (χ1v) is 10.2. The number of hydrogen-bond donors (Lipinski definition) is 1. The zero-order valence-electron chi connectivity index (χ0n) is 13.4. The molecule has 0 aliphatic carbocycles. The average Bonchev–Trinajstić information content (AvgIpc) is 2.88. The van der Waals surface area contributed by atoms with E-state index in [0.717, 1.165) is 16.2 Å². The maximum absolute atomic E-state index is 12.6. The third-order valence-corrected chi connectivity index (χ3v) is 5.95. The number of carbonyl (C=O) groups is 2. The normalized spacial score (nSPS) is 15.5. The minimum absolute atomic E-state index is 0.212. The largest absolute Gasteiger partial charge is 0.309 e. The molecule has 1 aliphatic rings. The van der Waals surface area contributed by atoms with Crippen LogP contribution in [0.15, 0.2) is 45.9 Å². The summed E-state index contributed by atoms with van der Waals surface area (Å²) in [5, 5.41) is 3.47. The quantitative estimate of drug-likeness (QED) is 0.471. The number of amides is 2. The SMILES string of the molecule is O=C(CN1C(=O)/C(=C/c2c(Cl)cccc2Cl)SC1=S)Nc1ccc(Br)cn1. The van der Waals surface area contributed by atoms with Crippen LogP contribution in [0.2, 0.25) is 10.0 Å². The summed E-state index contributed by atoms with van der Waals surface area (Å²) >= 11 is 21.9. The van der Waals surface area contributed by atoms with Crippen molar-refractivity contribution in [1.82, 2.24) is 9.88 Å². The van der Waals surface area contributed by atoms with Crippen molar-refractivity contribution in [3.63, 3.8) is 0 Å². The molecule has 1 N–H and O–H groups in total. The lowest BCUT2D eigenvalue weighted by Gasteiger charge is -2.13. The van der Waals surface area contributed by atoms with Gasteiger partial charge in [0.25, 0.3) is 5.91 Å². The summed E-state index contributed by atoms with van der Waals surface area (Å²) in [6.07, 6.45) is 3.14. The highest BCUT2D eigenvalue weighted by Crippen LogP contribution is 2.35. The van der Waals surface area contributed by atoms with Crippen LogP contribution in [0.5, 0.6) is 0 Å². The molecule has 0 saturated carbocycles. The Morgan fingerprint density at radius 1 is 1.30 bits per heavy atom. The van der Waals surface area contributed by atoms with Gasteiger partial charge in [-0.15, -0.1) is 0 Å². The van der Waals surface area contributed by atoms with Gasteiger partial charge in [0.05, 0.1) is 4.91 Å². The maximum atomic E-state index is 12.6. The Hall–Kier alpha value is -1.45. The Morgan fingerprint density at radius 2 is 2.00 bits per heavy atom. The first kappa shape index (κ1) is 20.3. The van der Waals surface area contributed by atoms with E-state index in [1.54, 1.807) is 42.6 Å². The van der Waals surface area contributed by atoms with Crippen LogP contribution in [0.25, 0.3) is 6.08 Å². The first-order chi connectivity index (χ1) is 12.8. The monoisotopic (exact) mass is 501 g/mol. The van der Waals surface area contributed by atoms with Crippen LogP contribution in [-0.4, -0.2) is 32.6 Å². The molecular formula is C17H10BrCl2N3O2S2. The molecule has 2 aromatic rings. The van der Waals surface area contributed by atoms with E-state index in [9.17, 15) is 9.59 Å². The highest BCUT2D eigenvalue weighted by atomic mass is 79.9. The molecule has 3 rings (SSSR count). The van der Waals surface area contributed by atoms with Gasteiger partial charge in [0, 0.05) is 26.3 Å². The summed E-state index contributed by atoms with van der Waals surface area (Å²) in [7, 11) is 0. The molecule has 0 atom stereocenters. The fourth-order valence-electron chi connectivity index (χ4n) is 2.19. The summed E-state index contributed by atoms with van der Waals surface area (Å²) in [5.41, 5.74) is 0.532. The second-order valence-corrected chi connectivity index (χ2v) is 8.72. The molecule has 0 spiro atoms. The Morgan fingerprint density at radius 3 is 2.63 bits per heavy atom. The van der Waals surface area contributed by atoms with Crippen molar-refractivity contribution in [3.8, 4) is 0 Å². The summed E-state index contributed by atoms with van der Waals surface area (Å²) in [5.74, 6) is -0.398. The summed E-state index contributed by atoms with van der Waals surface area (Å²) in [6, 6.07) is 8.47. The van der Waals surface area contributed by atoms with Crippen LogP contribution in [0.3, 0.4) is 0 Å². The van der Waals surface area contributed by atoms with Crippen molar-refractivity contribution >= 4 is 91.1 Å². The van der Waals surface area contributed by atoms with Crippen molar-refractivity contribution < 1.29 is 9.59 Å². The number of pyridine rings is 1. The van der Waals surface area contributed by atoms with E-state index in [2.05, 4.69) is 26.2 Å². The van der Waals surface area contributed by atoms with Crippen molar-refractivity contribution in [2.75, 3.05) is 11.9 Å². The molecule has 10 heteroatoms. The molecule has 1 fully saturated rings. The number of hydrogen-bond acceptors (Lipinski definition) is 5. The summed E-state index contributed by atoms with van der Waals surface area (Å²) in [4.78, 5) is 30.5. The fourth-order valence-corrected chi connectivity index (χ4v) is 4.17. The van der Waals surface area contributed by atoms with Crippen molar-refractivity contribution in [3.05, 3.63) is 61.5 Å². The van der Waals surface area contributed by atoms with Gasteiger partial charge in [0.1, 0.15) is 16.7 Å². The molecule has 2 heterocycles. The predicted octanol–water partition coefficient (Wildman–Crippen LogP) is 4.99. The molecule has 1 aromatic carbocycles. The number of thiocarbonyl (C=S) groups is 1. The number of rotatable bonds is 4. The van der Waals surface area contributed by atoms with Crippen LogP contribution >= 0.6 is 63.1 Å². The van der Waals surface area contributed by atoms with Gasteiger partial charge in [-0.3, -0.25) is 14.5 Å². The number of anilines is 1. The van der Waals surface area contributed by atoms with Gasteiger partial charge in [0.15, 0.2) is 0 Å². The minimum atomic E-state index is -0.404. The lowest BCUT2D eigenvalue weighted by atomic mass is 10.2. The molecule has 1 aromatic heterocycles. The standard InChI is InChI=1S/C17H10BrCl2N3O2S2/c18-9-4-5-14(21-7-9)22-15(24)8-23-16(25)13(27-17(23)26)6-10-11(19)2-1-3-12(10)20/h1-7H,8H2,(H,21,22,24)/b13-6-. The van der Waals surface area contributed by atoms with Crippen LogP contribution in [0.1, 0.15) is 5.56 Å². The zero-order valence-corrected chi connectivity index (χ0v) is 18.1. The third kappa shape index (κ3) is 4.89. The predicted molar refractivity (Wildman–Crippen MR) is 117 cm³/mol. The van der Waals surface area contributed by atoms with Crippen LogP contribution in [0, 0.1) is 0 Å². The first-order valence-electron chi connectivity index (χ1n) is 7.46. The van der Waals surface area contributed by atoms with Crippen molar-refractivity contribution in [2.24, 2.45) is 0 Å². The van der Waals surface area contributed by atoms with Gasteiger partial charge in [0.2, 0.25) is 5.91 Å². The Kier molecular flexibility index (Phi) is 6.54. The molecule has 5 nitrogen and oxygen atoms in total. The fraction of sp³-hybridized carbons (Fsp3) is 0.0588. The molecule has 1 aliphatic heterocycles. The minimum Gasteiger partial charge on any atom is -0.309 e. The Balaban J connectivity index is 1.73. The van der Waals surface area contributed by atoms with Crippen LogP contribution in [0.4, 0.5) is 5.82 Å². The lowest BCUT2D eigenvalue weighted by molar-refractivity contribution is -0.126. The van der Waals surface area contributed by atoms with Gasteiger partial charge < -0.3 is 5.32 Å². The lowest BCUT2D eigenvalue weighted by Crippen LogP contribution is -2.36. The molecule has 138 valence electrons. The number of nitrogens with one attached hydrogen (secondary N) is 1. The second-order valence-electron chi connectivity index (χ2n) is 5.31. The molecule has 1 saturated heterocycles. The molecule has 2 amide bonds. The van der Waals surface area contributed by atoms with Crippen molar-refractivity contribution in [1.29, 1.82) is 0 Å². The van der Waals surface area contributed by atoms with E-state index in [-0.39, 0.29) is 16.8 Å². The second kappa shape index (κ2) is 8.70. The number of carbonyl (C=O) groups excluding carboxylic acids is 2. The highest BCUT2D eigenvalue weighted by Gasteiger charge is 2.33. The highest BCUT2D eigenvalue weighted by molar-refractivity contribution is 9.10. The molecular weight excluding hydrogens is 493 g/mol. The topological polar surface area (TPSA) is 62.3 Å². The zero-order chi connectivity index (χ0) is 19.6. The van der Waals surface area contributed by atoms with Crippen LogP contribution < -0.4 is 5.32 Å². The molecule has 0 radical (unpaired) electrons. The van der Waals surface area contributed by atoms with E-state index < -0.39 is 5.91 Å². The number of aromatic nitrogens is 1. The van der Waals surface area contributed by atoms with E-state index in [4.69, 9.17) is 35.4 Å². The number of halogens is 3. The van der Waals surface area contributed by atoms with Crippen LogP contribution in [-0.2, 0) is 9.59 Å². The van der Waals surface area contributed by atoms with Gasteiger partial charge in [-0.1, -0.05) is 53.2 Å².